The third-order valence-corrected chi connectivity index (χ3v) is 4.83. The van der Waals surface area contributed by atoms with Gasteiger partial charge in [0.1, 0.15) is 11.9 Å². The van der Waals surface area contributed by atoms with Crippen LogP contribution < -0.4 is 5.32 Å². The van der Waals surface area contributed by atoms with E-state index in [0.717, 1.165) is 29.5 Å². The van der Waals surface area contributed by atoms with Crippen molar-refractivity contribution in [3.8, 4) is 6.07 Å². The lowest BCUT2D eigenvalue weighted by Gasteiger charge is -2.10. The fourth-order valence-corrected chi connectivity index (χ4v) is 4.16. The van der Waals surface area contributed by atoms with Crippen molar-refractivity contribution < 1.29 is 0 Å². The maximum absolute atomic E-state index is 8.66. The number of nitrogens with zero attached hydrogens (tertiary/aromatic N) is 3. The molecule has 3 aliphatic rings. The molecule has 4 nitrogen and oxygen atoms in total. The van der Waals surface area contributed by atoms with Gasteiger partial charge in [0, 0.05) is 6.04 Å². The molecule has 1 heterocycles. The zero-order chi connectivity index (χ0) is 11.4. The van der Waals surface area contributed by atoms with Gasteiger partial charge >= 0.3 is 0 Å². The first-order chi connectivity index (χ1) is 8.36. The van der Waals surface area contributed by atoms with Gasteiger partial charge in [-0.1, -0.05) is 0 Å². The highest BCUT2D eigenvalue weighted by molar-refractivity contribution is 5.40. The van der Waals surface area contributed by atoms with E-state index < -0.39 is 0 Å². The number of hydrogen-bond acceptors (Lipinski definition) is 4. The van der Waals surface area contributed by atoms with Gasteiger partial charge < -0.3 is 5.32 Å². The SMILES string of the molecule is N#Cc1ccc(NC2C3C4CCC(C4)C23)nn1. The third kappa shape index (κ3) is 1.28. The van der Waals surface area contributed by atoms with Crippen molar-refractivity contribution in [1.82, 2.24) is 10.2 Å². The van der Waals surface area contributed by atoms with E-state index in [-0.39, 0.29) is 0 Å². The highest BCUT2D eigenvalue weighted by Crippen LogP contribution is 2.66. The van der Waals surface area contributed by atoms with Gasteiger partial charge in [0.05, 0.1) is 0 Å². The monoisotopic (exact) mass is 226 g/mol. The summed E-state index contributed by atoms with van der Waals surface area (Å²) >= 11 is 0. The minimum absolute atomic E-state index is 0.381. The Morgan fingerprint density at radius 2 is 1.94 bits per heavy atom. The molecule has 86 valence electrons. The zero-order valence-electron chi connectivity index (χ0n) is 9.50. The quantitative estimate of drug-likeness (QED) is 0.835. The van der Waals surface area contributed by atoms with Crippen molar-refractivity contribution >= 4 is 5.82 Å². The number of anilines is 1. The number of nitrogens with one attached hydrogen (secondary N) is 1. The van der Waals surface area contributed by atoms with Crippen LogP contribution in [-0.2, 0) is 0 Å². The second-order valence-corrected chi connectivity index (χ2v) is 5.57. The van der Waals surface area contributed by atoms with Gasteiger partial charge in [-0.2, -0.15) is 5.26 Å². The molecule has 1 aromatic rings. The highest BCUT2D eigenvalue weighted by Gasteiger charge is 2.65. The van der Waals surface area contributed by atoms with Crippen LogP contribution in [0, 0.1) is 35.0 Å². The van der Waals surface area contributed by atoms with E-state index in [1.807, 2.05) is 12.1 Å². The van der Waals surface area contributed by atoms with Crippen LogP contribution in [0.2, 0.25) is 0 Å². The van der Waals surface area contributed by atoms with Gasteiger partial charge in [-0.3, -0.25) is 0 Å². The summed E-state index contributed by atoms with van der Waals surface area (Å²) < 4.78 is 0. The van der Waals surface area contributed by atoms with Crippen LogP contribution in [0.25, 0.3) is 0 Å². The van der Waals surface area contributed by atoms with Crippen LogP contribution in [0.5, 0.6) is 0 Å². The number of aromatic nitrogens is 2. The van der Waals surface area contributed by atoms with E-state index in [2.05, 4.69) is 15.5 Å². The first-order valence-electron chi connectivity index (χ1n) is 6.37. The Bertz CT molecular complexity index is 473. The Kier molecular flexibility index (Phi) is 1.77. The Hall–Kier alpha value is -1.63. The first-order valence-corrected chi connectivity index (χ1v) is 6.37. The summed E-state index contributed by atoms with van der Waals surface area (Å²) in [6, 6.07) is 6.20. The minimum atomic E-state index is 0.381. The number of hydrogen-bond donors (Lipinski definition) is 1. The molecule has 17 heavy (non-hydrogen) atoms. The largest absolute Gasteiger partial charge is 0.365 e. The molecule has 3 fully saturated rings. The highest BCUT2D eigenvalue weighted by atomic mass is 15.2. The van der Waals surface area contributed by atoms with Gasteiger partial charge in [-0.25, -0.2) is 0 Å². The van der Waals surface area contributed by atoms with Crippen LogP contribution in [0.15, 0.2) is 12.1 Å². The summed E-state index contributed by atoms with van der Waals surface area (Å²) in [5.41, 5.74) is 0.381. The molecule has 2 bridgehead atoms. The topological polar surface area (TPSA) is 61.6 Å². The van der Waals surface area contributed by atoms with Crippen molar-refractivity contribution in [2.24, 2.45) is 23.7 Å². The first kappa shape index (κ1) is 9.41. The van der Waals surface area contributed by atoms with Gasteiger partial charge in [0.25, 0.3) is 0 Å². The van der Waals surface area contributed by atoms with Crippen molar-refractivity contribution in [2.75, 3.05) is 5.32 Å². The molecule has 0 aromatic carbocycles. The molecule has 1 aromatic heterocycles. The molecule has 4 atom stereocenters. The molecule has 0 aliphatic heterocycles. The van der Waals surface area contributed by atoms with E-state index in [1.54, 1.807) is 6.07 Å². The lowest BCUT2D eigenvalue weighted by molar-refractivity contribution is 0.456. The van der Waals surface area contributed by atoms with E-state index >= 15 is 0 Å². The van der Waals surface area contributed by atoms with Crippen LogP contribution in [-0.4, -0.2) is 16.2 Å². The van der Waals surface area contributed by atoms with Crippen LogP contribution in [0.4, 0.5) is 5.82 Å². The molecule has 4 unspecified atom stereocenters. The zero-order valence-corrected chi connectivity index (χ0v) is 9.50. The molecule has 4 heteroatoms. The Labute approximate surface area is 100 Å². The summed E-state index contributed by atoms with van der Waals surface area (Å²) in [6.07, 6.45) is 4.33. The molecule has 3 saturated carbocycles. The summed E-state index contributed by atoms with van der Waals surface area (Å²) in [6.45, 7) is 0. The summed E-state index contributed by atoms with van der Waals surface area (Å²) in [4.78, 5) is 0. The predicted molar refractivity (Wildman–Crippen MR) is 62.0 cm³/mol. The summed E-state index contributed by atoms with van der Waals surface area (Å²) in [7, 11) is 0. The maximum Gasteiger partial charge on any atom is 0.163 e. The number of fused-ring (bicyclic) bond motifs is 5. The van der Waals surface area contributed by atoms with E-state index in [0.29, 0.717) is 11.7 Å². The fourth-order valence-electron chi connectivity index (χ4n) is 4.16. The van der Waals surface area contributed by atoms with Crippen molar-refractivity contribution in [2.45, 2.75) is 25.3 Å². The average Bonchev–Trinajstić information content (AvgIpc) is 2.76. The second kappa shape index (κ2) is 3.19. The lowest BCUT2D eigenvalue weighted by atomic mass is 10.0. The van der Waals surface area contributed by atoms with E-state index in [4.69, 9.17) is 5.26 Å². The van der Waals surface area contributed by atoms with Gasteiger partial charge in [0.2, 0.25) is 0 Å². The van der Waals surface area contributed by atoms with Crippen molar-refractivity contribution in [1.29, 1.82) is 5.26 Å². The molecule has 3 aliphatic carbocycles. The normalized spacial score (nSPS) is 40.8. The standard InChI is InChI=1S/C13H14N4/c14-6-9-3-4-10(17-16-9)15-13-11-7-1-2-8(5-7)12(11)13/h3-4,7-8,11-13H,1-2,5H2,(H,15,17). The van der Waals surface area contributed by atoms with E-state index in [9.17, 15) is 0 Å². The number of rotatable bonds is 2. The molecule has 4 rings (SSSR count). The molecule has 1 N–H and O–H groups in total. The predicted octanol–water partition coefficient (Wildman–Crippen LogP) is 1.80. The smallest absolute Gasteiger partial charge is 0.163 e. The van der Waals surface area contributed by atoms with Crippen LogP contribution in [0.3, 0.4) is 0 Å². The Morgan fingerprint density at radius 1 is 1.18 bits per heavy atom. The number of nitriles is 1. The van der Waals surface area contributed by atoms with Crippen molar-refractivity contribution in [3.05, 3.63) is 17.8 Å². The molecule has 0 radical (unpaired) electrons. The molecular formula is C13H14N4. The minimum Gasteiger partial charge on any atom is -0.365 e. The summed E-state index contributed by atoms with van der Waals surface area (Å²) in [5.74, 6) is 4.54. The lowest BCUT2D eigenvalue weighted by Crippen LogP contribution is -2.14. The average molecular weight is 226 g/mol. The van der Waals surface area contributed by atoms with Crippen LogP contribution in [0.1, 0.15) is 25.0 Å². The second-order valence-electron chi connectivity index (χ2n) is 5.57. The molecular weight excluding hydrogens is 212 g/mol. The Balaban J connectivity index is 1.47. The summed E-state index contributed by atoms with van der Waals surface area (Å²) in [5, 5.41) is 20.0. The molecule has 0 spiro atoms. The molecule has 0 saturated heterocycles. The van der Waals surface area contributed by atoms with Gasteiger partial charge in [-0.15, -0.1) is 10.2 Å². The third-order valence-electron chi connectivity index (χ3n) is 4.83. The van der Waals surface area contributed by atoms with Crippen LogP contribution >= 0.6 is 0 Å². The maximum atomic E-state index is 8.66. The Morgan fingerprint density at radius 3 is 2.53 bits per heavy atom. The van der Waals surface area contributed by atoms with E-state index in [1.165, 1.54) is 19.3 Å². The molecule has 0 amide bonds. The van der Waals surface area contributed by atoms with Gasteiger partial charge in [0.15, 0.2) is 5.69 Å². The van der Waals surface area contributed by atoms with Crippen molar-refractivity contribution in [3.63, 3.8) is 0 Å². The fraction of sp³-hybridized carbons (Fsp3) is 0.615. The van der Waals surface area contributed by atoms with Gasteiger partial charge in [-0.05, 0) is 55.1 Å².